The zero-order chi connectivity index (χ0) is 14.4. The van der Waals surface area contributed by atoms with Crippen LogP contribution in [-0.2, 0) is 16.1 Å². The number of carbonyl (C=O) groups is 1. The normalized spacial score (nSPS) is 11.1. The molecule has 5 nitrogen and oxygen atoms in total. The number of ether oxygens (including phenoxy) is 1. The largest absolute Gasteiger partial charge is 0.465 e. The van der Waals surface area contributed by atoms with Crippen LogP contribution in [0.3, 0.4) is 0 Å². The van der Waals surface area contributed by atoms with Gasteiger partial charge < -0.3 is 10.1 Å². The fraction of sp³-hybridized carbons (Fsp3) is 0.538. The van der Waals surface area contributed by atoms with Crippen molar-refractivity contribution in [1.29, 1.82) is 0 Å². The third-order valence-corrected chi connectivity index (χ3v) is 4.41. The highest BCUT2D eigenvalue weighted by atomic mass is 32.2. The van der Waals surface area contributed by atoms with Gasteiger partial charge in [-0.25, -0.2) is 4.98 Å². The van der Waals surface area contributed by atoms with Crippen molar-refractivity contribution in [2.45, 2.75) is 31.8 Å². The number of imidazole rings is 1. The predicted molar refractivity (Wildman–Crippen MR) is 82.4 cm³/mol. The molecule has 0 amide bonds. The minimum atomic E-state index is -0.193. The maximum absolute atomic E-state index is 11.5. The van der Waals surface area contributed by atoms with Gasteiger partial charge in [-0.2, -0.15) is 0 Å². The highest BCUT2D eigenvalue weighted by molar-refractivity contribution is 7.99. The zero-order valence-electron chi connectivity index (χ0n) is 11.7. The Morgan fingerprint density at radius 3 is 3.15 bits per heavy atom. The van der Waals surface area contributed by atoms with E-state index in [9.17, 15) is 4.79 Å². The lowest BCUT2D eigenvalue weighted by Gasteiger charge is -2.05. The molecule has 0 unspecified atom stereocenters. The molecule has 0 saturated heterocycles. The van der Waals surface area contributed by atoms with Gasteiger partial charge in [-0.1, -0.05) is 18.7 Å². The van der Waals surface area contributed by atoms with Crippen molar-refractivity contribution in [2.24, 2.45) is 0 Å². The number of carbonyl (C=O) groups excluding carboxylic acids is 1. The van der Waals surface area contributed by atoms with E-state index in [1.807, 2.05) is 18.5 Å². The summed E-state index contributed by atoms with van der Waals surface area (Å²) in [7, 11) is 0. The molecular weight excluding hydrogens is 294 g/mol. The Labute approximate surface area is 126 Å². The van der Waals surface area contributed by atoms with Crippen molar-refractivity contribution in [1.82, 2.24) is 14.7 Å². The van der Waals surface area contributed by atoms with Gasteiger partial charge in [-0.15, -0.1) is 11.3 Å². The molecule has 1 N–H and O–H groups in total. The van der Waals surface area contributed by atoms with Gasteiger partial charge in [0.2, 0.25) is 0 Å². The SMILES string of the molecule is CCCNCc1c(SCC(=O)OCC)nc2sccn12. The van der Waals surface area contributed by atoms with Gasteiger partial charge in [-0.05, 0) is 19.9 Å². The summed E-state index contributed by atoms with van der Waals surface area (Å²) in [5, 5.41) is 6.32. The number of aromatic nitrogens is 2. The van der Waals surface area contributed by atoms with Crippen LogP contribution in [0.5, 0.6) is 0 Å². The second kappa shape index (κ2) is 7.66. The highest BCUT2D eigenvalue weighted by Crippen LogP contribution is 2.26. The zero-order valence-corrected chi connectivity index (χ0v) is 13.4. The molecule has 0 fully saturated rings. The summed E-state index contributed by atoms with van der Waals surface area (Å²) in [5.41, 5.74) is 1.11. The van der Waals surface area contributed by atoms with Crippen molar-refractivity contribution in [2.75, 3.05) is 18.9 Å². The lowest BCUT2D eigenvalue weighted by Crippen LogP contribution is -2.15. The maximum Gasteiger partial charge on any atom is 0.316 e. The topological polar surface area (TPSA) is 55.6 Å². The summed E-state index contributed by atoms with van der Waals surface area (Å²) in [4.78, 5) is 17.0. The Kier molecular flexibility index (Phi) is 5.87. The summed E-state index contributed by atoms with van der Waals surface area (Å²) in [6, 6.07) is 0. The van der Waals surface area contributed by atoms with E-state index < -0.39 is 0 Å². The number of hydrogen-bond donors (Lipinski definition) is 1. The molecule has 20 heavy (non-hydrogen) atoms. The molecule has 0 saturated carbocycles. The molecule has 2 heterocycles. The Bertz CT molecular complexity index is 565. The fourth-order valence-corrected chi connectivity index (χ4v) is 3.42. The average Bonchev–Trinajstić information content (AvgIpc) is 2.99. The molecule has 0 aliphatic heterocycles. The van der Waals surface area contributed by atoms with Crippen LogP contribution < -0.4 is 5.32 Å². The summed E-state index contributed by atoms with van der Waals surface area (Å²) in [6.45, 7) is 6.11. The fourth-order valence-electron chi connectivity index (χ4n) is 1.80. The van der Waals surface area contributed by atoms with E-state index in [4.69, 9.17) is 4.74 Å². The summed E-state index contributed by atoms with van der Waals surface area (Å²) in [5.74, 6) is 0.112. The van der Waals surface area contributed by atoms with E-state index >= 15 is 0 Å². The molecule has 0 spiro atoms. The number of nitrogens with zero attached hydrogens (tertiary/aromatic N) is 2. The van der Waals surface area contributed by atoms with Gasteiger partial charge in [0, 0.05) is 18.1 Å². The van der Waals surface area contributed by atoms with E-state index in [2.05, 4.69) is 21.6 Å². The Hall–Kier alpha value is -1.05. The second-order valence-corrected chi connectivity index (χ2v) is 6.03. The first-order chi connectivity index (χ1) is 9.76. The minimum absolute atomic E-state index is 0.193. The second-order valence-electron chi connectivity index (χ2n) is 4.19. The predicted octanol–water partition coefficient (Wildman–Crippen LogP) is 2.55. The Morgan fingerprint density at radius 2 is 2.40 bits per heavy atom. The van der Waals surface area contributed by atoms with E-state index in [0.717, 1.165) is 35.2 Å². The van der Waals surface area contributed by atoms with Gasteiger partial charge in [0.05, 0.1) is 18.1 Å². The first kappa shape index (κ1) is 15.3. The lowest BCUT2D eigenvalue weighted by molar-refractivity contribution is -0.139. The van der Waals surface area contributed by atoms with Gasteiger partial charge in [-0.3, -0.25) is 9.20 Å². The summed E-state index contributed by atoms with van der Waals surface area (Å²) in [6.07, 6.45) is 3.11. The molecule has 0 atom stereocenters. The van der Waals surface area contributed by atoms with Crippen LogP contribution in [0.2, 0.25) is 0 Å². The van der Waals surface area contributed by atoms with Crippen LogP contribution in [0.1, 0.15) is 26.0 Å². The maximum atomic E-state index is 11.5. The third-order valence-electron chi connectivity index (χ3n) is 2.68. The lowest BCUT2D eigenvalue weighted by atomic mass is 10.4. The number of fused-ring (bicyclic) bond motifs is 1. The van der Waals surface area contributed by atoms with Gasteiger partial charge in [0.1, 0.15) is 5.03 Å². The average molecular weight is 313 g/mol. The number of rotatable bonds is 8. The van der Waals surface area contributed by atoms with Gasteiger partial charge in [0.15, 0.2) is 4.96 Å². The number of thiazole rings is 1. The molecule has 2 aromatic heterocycles. The smallest absolute Gasteiger partial charge is 0.316 e. The van der Waals surface area contributed by atoms with Crippen LogP contribution in [0, 0.1) is 0 Å². The van der Waals surface area contributed by atoms with Gasteiger partial charge in [0.25, 0.3) is 0 Å². The van der Waals surface area contributed by atoms with Crippen LogP contribution in [0.25, 0.3) is 4.96 Å². The molecule has 0 aliphatic carbocycles. The number of hydrogen-bond acceptors (Lipinski definition) is 6. The number of nitrogens with one attached hydrogen (secondary N) is 1. The number of esters is 1. The Morgan fingerprint density at radius 1 is 1.55 bits per heavy atom. The quantitative estimate of drug-likeness (QED) is 0.461. The van der Waals surface area contributed by atoms with Crippen LogP contribution in [0.4, 0.5) is 0 Å². The van der Waals surface area contributed by atoms with Crippen molar-refractivity contribution in [3.05, 3.63) is 17.3 Å². The Balaban J connectivity index is 2.08. The van der Waals surface area contributed by atoms with Crippen LogP contribution in [-0.4, -0.2) is 34.3 Å². The highest BCUT2D eigenvalue weighted by Gasteiger charge is 2.15. The molecular formula is C13H19N3O2S2. The molecule has 0 aliphatic rings. The molecule has 2 rings (SSSR count). The van der Waals surface area contributed by atoms with Crippen molar-refractivity contribution < 1.29 is 9.53 Å². The van der Waals surface area contributed by atoms with E-state index in [-0.39, 0.29) is 5.97 Å². The van der Waals surface area contributed by atoms with Crippen LogP contribution >= 0.6 is 23.1 Å². The minimum Gasteiger partial charge on any atom is -0.465 e. The summed E-state index contributed by atoms with van der Waals surface area (Å²) < 4.78 is 7.03. The first-order valence-electron chi connectivity index (χ1n) is 6.69. The third kappa shape index (κ3) is 3.74. The standard InChI is InChI=1S/C13H19N3O2S2/c1-3-5-14-8-10-12(20-9-11(17)18-4-2)15-13-16(10)6-7-19-13/h6-7,14H,3-5,8-9H2,1-2H3. The molecule has 2 aromatic rings. The molecule has 0 radical (unpaired) electrons. The van der Waals surface area contributed by atoms with Crippen LogP contribution in [0.15, 0.2) is 16.6 Å². The first-order valence-corrected chi connectivity index (χ1v) is 8.56. The number of thioether (sulfide) groups is 1. The van der Waals surface area contributed by atoms with E-state index in [1.54, 1.807) is 11.3 Å². The molecule has 0 bridgehead atoms. The van der Waals surface area contributed by atoms with Gasteiger partial charge >= 0.3 is 5.97 Å². The monoisotopic (exact) mass is 313 g/mol. The van der Waals surface area contributed by atoms with Crippen molar-refractivity contribution in [3.8, 4) is 0 Å². The molecule has 110 valence electrons. The molecule has 0 aromatic carbocycles. The van der Waals surface area contributed by atoms with Crippen molar-refractivity contribution >= 4 is 34.0 Å². The molecule has 7 heteroatoms. The van der Waals surface area contributed by atoms with Crippen molar-refractivity contribution in [3.63, 3.8) is 0 Å². The summed E-state index contributed by atoms with van der Waals surface area (Å²) >= 11 is 3.04. The van der Waals surface area contributed by atoms with E-state index in [1.165, 1.54) is 11.8 Å². The van der Waals surface area contributed by atoms with E-state index in [0.29, 0.717) is 12.4 Å².